The highest BCUT2D eigenvalue weighted by molar-refractivity contribution is 6.36. The molecule has 0 radical (unpaired) electrons. The average molecular weight is 345 g/mol. The Balaban J connectivity index is 1.95. The summed E-state index contributed by atoms with van der Waals surface area (Å²) in [4.78, 5) is 22.4. The van der Waals surface area contributed by atoms with E-state index in [1.165, 1.54) is 0 Å². The van der Waals surface area contributed by atoms with Gasteiger partial charge in [-0.25, -0.2) is 4.79 Å². The van der Waals surface area contributed by atoms with Gasteiger partial charge in [0.05, 0.1) is 6.04 Å². The van der Waals surface area contributed by atoms with Crippen LogP contribution in [0.2, 0.25) is 10.0 Å². The Kier molecular flexibility index (Phi) is 5.91. The number of rotatable bonds is 7. The Bertz CT molecular complexity index is 541. The van der Waals surface area contributed by atoms with E-state index < -0.39 is 5.97 Å². The number of hydrogen-bond acceptors (Lipinski definition) is 2. The van der Waals surface area contributed by atoms with Gasteiger partial charge in [0.25, 0.3) is 0 Å². The molecule has 0 aromatic heterocycles. The molecule has 1 unspecified atom stereocenters. The van der Waals surface area contributed by atoms with E-state index in [4.69, 9.17) is 28.3 Å². The first-order valence-electron chi connectivity index (χ1n) is 7.19. The van der Waals surface area contributed by atoms with Gasteiger partial charge in [-0.3, -0.25) is 4.79 Å². The van der Waals surface area contributed by atoms with Gasteiger partial charge in [-0.2, -0.15) is 0 Å². The molecule has 2 amide bonds. The Hall–Kier alpha value is -1.46. The van der Waals surface area contributed by atoms with E-state index in [-0.39, 0.29) is 18.5 Å². The first kappa shape index (κ1) is 16.9. The van der Waals surface area contributed by atoms with Crippen molar-refractivity contribution in [3.05, 3.63) is 33.8 Å². The SMILES string of the molecule is O=C(O)CCCNC(=O)NC(c1c(Cl)cccc1Cl)C1CC1. The van der Waals surface area contributed by atoms with Crippen LogP contribution >= 0.6 is 23.2 Å². The zero-order valence-corrected chi connectivity index (χ0v) is 13.5. The fraction of sp³-hybridized carbons (Fsp3) is 0.467. The monoisotopic (exact) mass is 344 g/mol. The number of aliphatic carboxylic acids is 1. The van der Waals surface area contributed by atoms with Gasteiger partial charge in [-0.05, 0) is 37.3 Å². The lowest BCUT2D eigenvalue weighted by Crippen LogP contribution is -2.39. The van der Waals surface area contributed by atoms with Crippen LogP contribution in [-0.2, 0) is 4.79 Å². The predicted octanol–water partition coefficient (Wildman–Crippen LogP) is 3.61. The van der Waals surface area contributed by atoms with Gasteiger partial charge < -0.3 is 15.7 Å². The first-order valence-corrected chi connectivity index (χ1v) is 7.94. The molecule has 1 aromatic rings. The van der Waals surface area contributed by atoms with Crippen molar-refractivity contribution in [2.45, 2.75) is 31.7 Å². The van der Waals surface area contributed by atoms with Gasteiger partial charge in [-0.15, -0.1) is 0 Å². The maximum atomic E-state index is 12.0. The van der Waals surface area contributed by atoms with Crippen LogP contribution in [0.3, 0.4) is 0 Å². The Morgan fingerprint density at radius 3 is 2.45 bits per heavy atom. The molecule has 3 N–H and O–H groups in total. The van der Waals surface area contributed by atoms with E-state index in [9.17, 15) is 9.59 Å². The molecule has 1 atom stereocenters. The molecule has 1 saturated carbocycles. The summed E-state index contributed by atoms with van der Waals surface area (Å²) in [5.41, 5.74) is 0.744. The molecule has 7 heteroatoms. The van der Waals surface area contributed by atoms with E-state index in [1.54, 1.807) is 18.2 Å². The fourth-order valence-electron chi connectivity index (χ4n) is 2.30. The lowest BCUT2D eigenvalue weighted by molar-refractivity contribution is -0.137. The van der Waals surface area contributed by atoms with Crippen molar-refractivity contribution < 1.29 is 14.7 Å². The van der Waals surface area contributed by atoms with Crippen molar-refractivity contribution in [3.63, 3.8) is 0 Å². The molecule has 22 heavy (non-hydrogen) atoms. The van der Waals surface area contributed by atoms with Crippen molar-refractivity contribution in [1.82, 2.24) is 10.6 Å². The second kappa shape index (κ2) is 7.70. The van der Waals surface area contributed by atoms with Gasteiger partial charge >= 0.3 is 12.0 Å². The summed E-state index contributed by atoms with van der Waals surface area (Å²) in [5, 5.41) is 15.2. The molecule has 2 rings (SSSR count). The summed E-state index contributed by atoms with van der Waals surface area (Å²) >= 11 is 12.4. The largest absolute Gasteiger partial charge is 0.481 e. The first-order chi connectivity index (χ1) is 10.5. The van der Waals surface area contributed by atoms with Crippen molar-refractivity contribution in [2.75, 3.05) is 6.54 Å². The second-order valence-corrected chi connectivity index (χ2v) is 6.16. The number of nitrogens with one attached hydrogen (secondary N) is 2. The summed E-state index contributed by atoms with van der Waals surface area (Å²) in [6.07, 6.45) is 2.46. The number of benzene rings is 1. The van der Waals surface area contributed by atoms with Crippen LogP contribution in [0.4, 0.5) is 4.79 Å². The molecule has 1 fully saturated rings. The molecule has 0 saturated heterocycles. The van der Waals surface area contributed by atoms with Crippen molar-refractivity contribution in [1.29, 1.82) is 0 Å². The standard InChI is InChI=1S/C15H18Cl2N2O3/c16-10-3-1-4-11(17)13(10)14(9-6-7-9)19-15(22)18-8-2-5-12(20)21/h1,3-4,9,14H,2,5-8H2,(H,20,21)(H2,18,19,22). The average Bonchev–Trinajstić information content (AvgIpc) is 3.26. The third kappa shape index (κ3) is 4.78. The molecule has 0 aliphatic heterocycles. The topological polar surface area (TPSA) is 78.4 Å². The Morgan fingerprint density at radius 1 is 1.27 bits per heavy atom. The van der Waals surface area contributed by atoms with Gasteiger partial charge in [0.15, 0.2) is 0 Å². The number of urea groups is 1. The van der Waals surface area contributed by atoms with Gasteiger partial charge in [0, 0.05) is 28.6 Å². The van der Waals surface area contributed by atoms with Crippen LogP contribution in [0.25, 0.3) is 0 Å². The van der Waals surface area contributed by atoms with Gasteiger partial charge in [-0.1, -0.05) is 29.3 Å². The molecule has 0 spiro atoms. The van der Waals surface area contributed by atoms with Gasteiger partial charge in [0.1, 0.15) is 0 Å². The Labute approximate surface area is 139 Å². The minimum atomic E-state index is -0.874. The van der Waals surface area contributed by atoms with Crippen LogP contribution in [-0.4, -0.2) is 23.7 Å². The van der Waals surface area contributed by atoms with E-state index >= 15 is 0 Å². The number of carbonyl (C=O) groups excluding carboxylic acids is 1. The number of halogens is 2. The third-order valence-electron chi connectivity index (χ3n) is 3.54. The minimum Gasteiger partial charge on any atom is -0.481 e. The minimum absolute atomic E-state index is 0.0304. The third-order valence-corrected chi connectivity index (χ3v) is 4.20. The predicted molar refractivity (Wildman–Crippen MR) is 85.3 cm³/mol. The molecular weight excluding hydrogens is 327 g/mol. The highest BCUT2D eigenvalue weighted by Crippen LogP contribution is 2.45. The summed E-state index contributed by atoms with van der Waals surface area (Å²) in [6, 6.07) is 4.72. The van der Waals surface area contributed by atoms with E-state index in [0.717, 1.165) is 18.4 Å². The number of hydrogen-bond donors (Lipinski definition) is 3. The molecule has 5 nitrogen and oxygen atoms in total. The van der Waals surface area contributed by atoms with Crippen LogP contribution in [0.15, 0.2) is 18.2 Å². The van der Waals surface area contributed by atoms with Crippen LogP contribution in [0.5, 0.6) is 0 Å². The van der Waals surface area contributed by atoms with Crippen LogP contribution in [0.1, 0.15) is 37.3 Å². The highest BCUT2D eigenvalue weighted by atomic mass is 35.5. The molecular formula is C15H18Cl2N2O3. The molecule has 1 aliphatic rings. The second-order valence-electron chi connectivity index (χ2n) is 5.35. The fourth-order valence-corrected chi connectivity index (χ4v) is 2.93. The maximum absolute atomic E-state index is 12.0. The summed E-state index contributed by atoms with van der Waals surface area (Å²) < 4.78 is 0. The zero-order valence-electron chi connectivity index (χ0n) is 11.9. The maximum Gasteiger partial charge on any atom is 0.315 e. The van der Waals surface area contributed by atoms with Crippen molar-refractivity contribution >= 4 is 35.2 Å². The van der Waals surface area contributed by atoms with E-state index in [0.29, 0.717) is 28.9 Å². The number of carbonyl (C=O) groups is 2. The van der Waals surface area contributed by atoms with Crippen LogP contribution in [0, 0.1) is 5.92 Å². The molecule has 0 heterocycles. The zero-order chi connectivity index (χ0) is 16.1. The summed E-state index contributed by atoms with van der Waals surface area (Å²) in [5.74, 6) is -0.539. The molecule has 120 valence electrons. The lowest BCUT2D eigenvalue weighted by atomic mass is 10.0. The Morgan fingerprint density at radius 2 is 1.91 bits per heavy atom. The lowest BCUT2D eigenvalue weighted by Gasteiger charge is -2.21. The molecule has 1 aromatic carbocycles. The van der Waals surface area contributed by atoms with Crippen molar-refractivity contribution in [3.8, 4) is 0 Å². The normalized spacial score (nSPS) is 15.2. The smallest absolute Gasteiger partial charge is 0.315 e. The van der Waals surface area contributed by atoms with E-state index in [1.807, 2.05) is 0 Å². The van der Waals surface area contributed by atoms with E-state index in [2.05, 4.69) is 10.6 Å². The number of carboxylic acid groups (broad SMARTS) is 1. The molecule has 1 aliphatic carbocycles. The molecule has 0 bridgehead atoms. The summed E-state index contributed by atoms with van der Waals surface area (Å²) in [7, 11) is 0. The van der Waals surface area contributed by atoms with Crippen LogP contribution < -0.4 is 10.6 Å². The number of carboxylic acids is 1. The number of amides is 2. The van der Waals surface area contributed by atoms with Crippen molar-refractivity contribution in [2.24, 2.45) is 5.92 Å². The quantitative estimate of drug-likeness (QED) is 0.661. The highest BCUT2D eigenvalue weighted by Gasteiger charge is 2.35. The van der Waals surface area contributed by atoms with Gasteiger partial charge in [0.2, 0.25) is 0 Å². The summed E-state index contributed by atoms with van der Waals surface area (Å²) in [6.45, 7) is 0.311.